The summed E-state index contributed by atoms with van der Waals surface area (Å²) >= 11 is 5.81. The van der Waals surface area contributed by atoms with Crippen molar-refractivity contribution in [3.63, 3.8) is 0 Å². The molecule has 0 radical (unpaired) electrons. The van der Waals surface area contributed by atoms with E-state index in [-0.39, 0.29) is 0 Å². The Morgan fingerprint density at radius 1 is 1.07 bits per heavy atom. The molecule has 7 heteroatoms. The van der Waals surface area contributed by atoms with Gasteiger partial charge >= 0.3 is 0 Å². The van der Waals surface area contributed by atoms with Gasteiger partial charge in [-0.15, -0.1) is 5.10 Å². The van der Waals surface area contributed by atoms with Crippen molar-refractivity contribution in [1.82, 2.24) is 14.3 Å². The van der Waals surface area contributed by atoms with Gasteiger partial charge in [-0.1, -0.05) is 18.2 Å². The van der Waals surface area contributed by atoms with Crippen LogP contribution in [0.4, 0.5) is 0 Å². The topological polar surface area (TPSA) is 45.6 Å². The largest absolute Gasteiger partial charge is 0.497 e. The molecule has 140 valence electrons. The molecule has 0 saturated carbocycles. The molecule has 2 aromatic carbocycles. The standard InChI is InChI=1S/C20H22N4O2S/c1-25-18-9-7-16(8-10-18)19-21-23(15-22-11-13-26-14-12-22)20(27)24(19)17-5-3-2-4-6-17/h2-10H,11-15H2,1H3/p+1. The highest BCUT2D eigenvalue weighted by Crippen LogP contribution is 2.24. The number of ether oxygens (including phenoxy) is 2. The monoisotopic (exact) mass is 383 g/mol. The Bertz CT molecular complexity index is 944. The van der Waals surface area contributed by atoms with Gasteiger partial charge in [0.1, 0.15) is 18.8 Å². The van der Waals surface area contributed by atoms with E-state index in [2.05, 4.69) is 12.1 Å². The highest BCUT2D eigenvalue weighted by atomic mass is 32.1. The van der Waals surface area contributed by atoms with Gasteiger partial charge in [0.2, 0.25) is 4.77 Å². The molecule has 6 nitrogen and oxygen atoms in total. The second kappa shape index (κ2) is 8.04. The van der Waals surface area contributed by atoms with Crippen molar-refractivity contribution >= 4 is 12.2 Å². The maximum Gasteiger partial charge on any atom is 0.207 e. The normalized spacial score (nSPS) is 15.0. The van der Waals surface area contributed by atoms with E-state index in [9.17, 15) is 0 Å². The fourth-order valence-corrected chi connectivity index (χ4v) is 3.57. The number of nitrogens with one attached hydrogen (secondary N) is 1. The van der Waals surface area contributed by atoms with Crippen LogP contribution in [0, 0.1) is 4.77 Å². The van der Waals surface area contributed by atoms with E-state index >= 15 is 0 Å². The summed E-state index contributed by atoms with van der Waals surface area (Å²) in [6.07, 6.45) is 0. The fraction of sp³-hybridized carbons (Fsp3) is 0.300. The molecule has 1 aliphatic heterocycles. The third kappa shape index (κ3) is 3.80. The molecular formula is C20H23N4O2S+. The summed E-state index contributed by atoms with van der Waals surface area (Å²) in [5.41, 5.74) is 2.01. The first kappa shape index (κ1) is 17.9. The zero-order valence-corrected chi connectivity index (χ0v) is 16.1. The van der Waals surface area contributed by atoms with E-state index in [1.807, 2.05) is 51.7 Å². The summed E-state index contributed by atoms with van der Waals surface area (Å²) < 4.78 is 15.4. The van der Waals surface area contributed by atoms with E-state index in [1.165, 1.54) is 4.90 Å². The van der Waals surface area contributed by atoms with Crippen LogP contribution in [0.5, 0.6) is 5.75 Å². The number of hydrogen-bond acceptors (Lipinski definition) is 4. The Hall–Kier alpha value is -2.48. The quantitative estimate of drug-likeness (QED) is 0.684. The van der Waals surface area contributed by atoms with Crippen molar-refractivity contribution in [3.8, 4) is 22.8 Å². The zero-order valence-electron chi connectivity index (χ0n) is 15.3. The molecule has 27 heavy (non-hydrogen) atoms. The van der Waals surface area contributed by atoms with Crippen LogP contribution in [0.1, 0.15) is 0 Å². The Labute approximate surface area is 163 Å². The number of nitrogens with zero attached hydrogens (tertiary/aromatic N) is 3. The van der Waals surface area contributed by atoms with Crippen molar-refractivity contribution < 1.29 is 14.4 Å². The Kier molecular flexibility index (Phi) is 5.33. The summed E-state index contributed by atoms with van der Waals surface area (Å²) in [5, 5.41) is 4.88. The lowest BCUT2D eigenvalue weighted by molar-refractivity contribution is -0.930. The number of hydrogen-bond donors (Lipinski definition) is 1. The summed E-state index contributed by atoms with van der Waals surface area (Å²) in [7, 11) is 1.67. The Morgan fingerprint density at radius 2 is 1.78 bits per heavy atom. The molecule has 1 fully saturated rings. The number of morpholine rings is 1. The molecule has 1 saturated heterocycles. The summed E-state index contributed by atoms with van der Waals surface area (Å²) in [5.74, 6) is 1.65. The Morgan fingerprint density at radius 3 is 2.44 bits per heavy atom. The number of aromatic nitrogens is 3. The van der Waals surface area contributed by atoms with Crippen LogP contribution in [0.3, 0.4) is 0 Å². The summed E-state index contributed by atoms with van der Waals surface area (Å²) in [6, 6.07) is 18.1. The van der Waals surface area contributed by atoms with Crippen LogP contribution < -0.4 is 9.64 Å². The SMILES string of the molecule is COc1ccc(-c2nn(C[NH+]3CCOCC3)c(=S)n2-c2ccccc2)cc1. The molecule has 1 N–H and O–H groups in total. The molecule has 0 aliphatic carbocycles. The molecule has 1 aliphatic rings. The second-order valence-corrected chi connectivity index (χ2v) is 6.89. The van der Waals surface area contributed by atoms with Crippen LogP contribution in [0.15, 0.2) is 54.6 Å². The highest BCUT2D eigenvalue weighted by Gasteiger charge is 2.19. The van der Waals surface area contributed by atoms with Gasteiger partial charge in [0.05, 0.1) is 20.3 Å². The first-order chi connectivity index (χ1) is 13.3. The van der Waals surface area contributed by atoms with Crippen LogP contribution in [-0.2, 0) is 11.4 Å². The lowest BCUT2D eigenvalue weighted by atomic mass is 10.2. The lowest BCUT2D eigenvalue weighted by Gasteiger charge is -2.23. The maximum atomic E-state index is 5.81. The molecule has 0 unspecified atom stereocenters. The highest BCUT2D eigenvalue weighted by molar-refractivity contribution is 7.71. The minimum Gasteiger partial charge on any atom is -0.497 e. The molecule has 4 rings (SSSR count). The van der Waals surface area contributed by atoms with Gasteiger partial charge in [-0.2, -0.15) is 4.68 Å². The van der Waals surface area contributed by atoms with Gasteiger partial charge in [-0.25, -0.2) is 0 Å². The first-order valence-electron chi connectivity index (χ1n) is 9.07. The van der Waals surface area contributed by atoms with Crippen LogP contribution in [0.2, 0.25) is 0 Å². The smallest absolute Gasteiger partial charge is 0.207 e. The van der Waals surface area contributed by atoms with Crippen LogP contribution >= 0.6 is 12.2 Å². The predicted molar refractivity (Wildman–Crippen MR) is 106 cm³/mol. The summed E-state index contributed by atoms with van der Waals surface area (Å²) in [6.45, 7) is 4.25. The van der Waals surface area contributed by atoms with E-state index < -0.39 is 0 Å². The number of para-hydroxylation sites is 1. The molecule has 2 heterocycles. The molecular weight excluding hydrogens is 360 g/mol. The molecule has 0 spiro atoms. The van der Waals surface area contributed by atoms with Crippen LogP contribution in [-0.4, -0.2) is 47.8 Å². The van der Waals surface area contributed by atoms with E-state index in [4.69, 9.17) is 26.8 Å². The third-order valence-electron chi connectivity index (χ3n) is 4.78. The average molecular weight is 383 g/mol. The molecule has 1 aromatic heterocycles. The third-order valence-corrected chi connectivity index (χ3v) is 5.17. The van der Waals surface area contributed by atoms with Crippen molar-refractivity contribution in [2.24, 2.45) is 0 Å². The number of methoxy groups -OCH3 is 1. The first-order valence-corrected chi connectivity index (χ1v) is 9.48. The van der Waals surface area contributed by atoms with E-state index in [0.717, 1.165) is 55.8 Å². The predicted octanol–water partition coefficient (Wildman–Crippen LogP) is 1.95. The molecule has 0 amide bonds. The lowest BCUT2D eigenvalue weighted by Crippen LogP contribution is -3.13. The van der Waals surface area contributed by atoms with Gasteiger partial charge in [-0.05, 0) is 48.6 Å². The van der Waals surface area contributed by atoms with E-state index in [0.29, 0.717) is 4.77 Å². The van der Waals surface area contributed by atoms with Crippen LogP contribution in [0.25, 0.3) is 17.1 Å². The Balaban J connectivity index is 1.77. The van der Waals surface area contributed by atoms with Crippen molar-refractivity contribution in [2.75, 3.05) is 33.4 Å². The second-order valence-electron chi connectivity index (χ2n) is 6.53. The zero-order chi connectivity index (χ0) is 18.6. The summed E-state index contributed by atoms with van der Waals surface area (Å²) in [4.78, 5) is 1.43. The minimum absolute atomic E-state index is 0.700. The van der Waals surface area contributed by atoms with Gasteiger partial charge < -0.3 is 14.4 Å². The van der Waals surface area contributed by atoms with Gasteiger partial charge in [0.15, 0.2) is 12.5 Å². The van der Waals surface area contributed by atoms with Gasteiger partial charge in [-0.3, -0.25) is 4.57 Å². The van der Waals surface area contributed by atoms with Crippen molar-refractivity contribution in [2.45, 2.75) is 6.67 Å². The number of quaternary nitrogens is 1. The molecule has 3 aromatic rings. The van der Waals surface area contributed by atoms with Gasteiger partial charge in [0.25, 0.3) is 0 Å². The molecule has 0 atom stereocenters. The van der Waals surface area contributed by atoms with Gasteiger partial charge in [0, 0.05) is 11.3 Å². The average Bonchev–Trinajstić information content (AvgIpc) is 3.05. The maximum absolute atomic E-state index is 5.81. The van der Waals surface area contributed by atoms with Crippen molar-refractivity contribution in [3.05, 3.63) is 59.4 Å². The minimum atomic E-state index is 0.700. The fourth-order valence-electron chi connectivity index (χ4n) is 3.28. The number of rotatable bonds is 5. The molecule has 0 bridgehead atoms. The number of benzene rings is 2. The van der Waals surface area contributed by atoms with E-state index in [1.54, 1.807) is 7.11 Å². The van der Waals surface area contributed by atoms with Crippen molar-refractivity contribution in [1.29, 1.82) is 0 Å².